The fraction of sp³-hybridized carbons (Fsp3) is 0.429. The van der Waals surface area contributed by atoms with Crippen molar-refractivity contribution in [2.24, 2.45) is 5.73 Å². The molecule has 0 aliphatic heterocycles. The third-order valence-electron chi connectivity index (χ3n) is 3.39. The van der Waals surface area contributed by atoms with Crippen LogP contribution in [0.25, 0.3) is 10.6 Å². The van der Waals surface area contributed by atoms with Crippen LogP contribution in [0.5, 0.6) is 0 Å². The molecule has 2 aromatic rings. The Morgan fingerprint density at radius 2 is 2.28 bits per heavy atom. The highest BCUT2D eigenvalue weighted by Gasteiger charge is 2.29. The van der Waals surface area contributed by atoms with Gasteiger partial charge in [0.15, 0.2) is 0 Å². The molecule has 0 aromatic carbocycles. The van der Waals surface area contributed by atoms with Crippen LogP contribution >= 0.6 is 11.3 Å². The molecule has 2 N–H and O–H groups in total. The number of hydrogen-bond donors (Lipinski definition) is 1. The Morgan fingerprint density at radius 1 is 1.44 bits per heavy atom. The largest absolute Gasteiger partial charge is 0.326 e. The zero-order chi connectivity index (χ0) is 12.5. The van der Waals surface area contributed by atoms with Crippen LogP contribution in [0, 0.1) is 0 Å². The number of pyridine rings is 1. The van der Waals surface area contributed by atoms with Gasteiger partial charge in [0.05, 0.1) is 5.69 Å². The van der Waals surface area contributed by atoms with Crippen molar-refractivity contribution < 1.29 is 0 Å². The van der Waals surface area contributed by atoms with E-state index in [-0.39, 0.29) is 0 Å². The summed E-state index contributed by atoms with van der Waals surface area (Å²) in [6.07, 6.45) is 7.31. The van der Waals surface area contributed by atoms with Gasteiger partial charge >= 0.3 is 0 Å². The van der Waals surface area contributed by atoms with E-state index in [1.54, 1.807) is 11.3 Å². The molecule has 3 rings (SSSR count). The molecular formula is C14H17N3S. The number of aromatic nitrogens is 2. The van der Waals surface area contributed by atoms with E-state index in [4.69, 9.17) is 10.7 Å². The first kappa shape index (κ1) is 11.8. The lowest BCUT2D eigenvalue weighted by Crippen LogP contribution is -1.96. The highest BCUT2D eigenvalue weighted by atomic mass is 32.1. The van der Waals surface area contributed by atoms with Gasteiger partial charge in [-0.1, -0.05) is 6.92 Å². The first-order chi connectivity index (χ1) is 8.83. The number of aryl methyl sites for hydroxylation is 1. The van der Waals surface area contributed by atoms with Crippen molar-refractivity contribution in [2.75, 3.05) is 0 Å². The molecule has 0 unspecified atom stereocenters. The van der Waals surface area contributed by atoms with E-state index >= 15 is 0 Å². The predicted octanol–water partition coefficient (Wildman–Crippen LogP) is 3.10. The van der Waals surface area contributed by atoms with Crippen molar-refractivity contribution in [1.29, 1.82) is 0 Å². The molecule has 1 fully saturated rings. The average Bonchev–Trinajstić information content (AvgIpc) is 3.18. The summed E-state index contributed by atoms with van der Waals surface area (Å²) in [5.41, 5.74) is 9.57. The summed E-state index contributed by atoms with van der Waals surface area (Å²) in [7, 11) is 0. The Hall–Kier alpha value is -1.26. The van der Waals surface area contributed by atoms with E-state index in [9.17, 15) is 0 Å². The molecular weight excluding hydrogens is 242 g/mol. The molecule has 3 nitrogen and oxygen atoms in total. The molecule has 0 bridgehead atoms. The Bertz CT molecular complexity index is 558. The van der Waals surface area contributed by atoms with Crippen molar-refractivity contribution in [3.05, 3.63) is 34.6 Å². The molecule has 4 heteroatoms. The predicted molar refractivity (Wildman–Crippen MR) is 74.6 cm³/mol. The van der Waals surface area contributed by atoms with Crippen LogP contribution in [-0.2, 0) is 13.0 Å². The van der Waals surface area contributed by atoms with E-state index in [1.807, 2.05) is 12.4 Å². The average molecular weight is 259 g/mol. The Morgan fingerprint density at radius 3 is 2.94 bits per heavy atom. The first-order valence-corrected chi connectivity index (χ1v) is 7.28. The fourth-order valence-corrected chi connectivity index (χ4v) is 3.30. The first-order valence-electron chi connectivity index (χ1n) is 6.46. The lowest BCUT2D eigenvalue weighted by atomic mass is 10.1. The van der Waals surface area contributed by atoms with E-state index in [0.717, 1.165) is 11.4 Å². The third-order valence-corrected chi connectivity index (χ3v) is 4.52. The third kappa shape index (κ3) is 2.06. The minimum absolute atomic E-state index is 0.607. The summed E-state index contributed by atoms with van der Waals surface area (Å²) in [5.74, 6) is 0.667. The van der Waals surface area contributed by atoms with Crippen LogP contribution in [-0.4, -0.2) is 9.97 Å². The Labute approximate surface area is 111 Å². The van der Waals surface area contributed by atoms with Crippen LogP contribution in [0.4, 0.5) is 0 Å². The second-order valence-corrected chi connectivity index (χ2v) is 5.78. The lowest BCUT2D eigenvalue weighted by molar-refractivity contribution is 0.978. The van der Waals surface area contributed by atoms with Gasteiger partial charge in [0, 0.05) is 35.3 Å². The van der Waals surface area contributed by atoms with Gasteiger partial charge in [-0.05, 0) is 30.9 Å². The minimum Gasteiger partial charge on any atom is -0.326 e. The summed E-state index contributed by atoms with van der Waals surface area (Å²) >= 11 is 1.75. The standard InChI is InChI=1S/C14H17N3S/c1-2-9-8-16-6-5-11(9)14-17-13(10-3-4-10)12(7-15)18-14/h5-6,8,10H,2-4,7,15H2,1H3. The molecule has 94 valence electrons. The normalized spacial score (nSPS) is 15.0. The van der Waals surface area contributed by atoms with Gasteiger partial charge in [0.2, 0.25) is 0 Å². The van der Waals surface area contributed by atoms with E-state index in [2.05, 4.69) is 18.0 Å². The van der Waals surface area contributed by atoms with E-state index < -0.39 is 0 Å². The zero-order valence-electron chi connectivity index (χ0n) is 10.5. The van der Waals surface area contributed by atoms with E-state index in [0.29, 0.717) is 12.5 Å². The lowest BCUT2D eigenvalue weighted by Gasteiger charge is -2.02. The molecule has 0 spiro atoms. The molecule has 0 saturated heterocycles. The van der Waals surface area contributed by atoms with Crippen LogP contribution < -0.4 is 5.73 Å². The van der Waals surface area contributed by atoms with Gasteiger partial charge in [-0.3, -0.25) is 4.98 Å². The quantitative estimate of drug-likeness (QED) is 0.918. The fourth-order valence-electron chi connectivity index (χ4n) is 2.22. The molecule has 1 aliphatic carbocycles. The van der Waals surface area contributed by atoms with Gasteiger partial charge in [0.1, 0.15) is 5.01 Å². The molecule has 0 radical (unpaired) electrons. The monoisotopic (exact) mass is 259 g/mol. The molecule has 1 aliphatic rings. The molecule has 1 saturated carbocycles. The van der Waals surface area contributed by atoms with Gasteiger partial charge in [-0.25, -0.2) is 4.98 Å². The number of hydrogen-bond acceptors (Lipinski definition) is 4. The molecule has 0 atom stereocenters. The molecule has 2 aromatic heterocycles. The SMILES string of the molecule is CCc1cnccc1-c1nc(C2CC2)c(CN)s1. The zero-order valence-corrected chi connectivity index (χ0v) is 11.3. The molecule has 18 heavy (non-hydrogen) atoms. The highest BCUT2D eigenvalue weighted by Crippen LogP contribution is 2.44. The highest BCUT2D eigenvalue weighted by molar-refractivity contribution is 7.15. The maximum atomic E-state index is 5.84. The summed E-state index contributed by atoms with van der Waals surface area (Å²) in [6, 6.07) is 2.06. The Balaban J connectivity index is 2.05. The topological polar surface area (TPSA) is 51.8 Å². The van der Waals surface area contributed by atoms with Crippen molar-refractivity contribution in [2.45, 2.75) is 38.6 Å². The summed E-state index contributed by atoms with van der Waals surface area (Å²) < 4.78 is 0. The van der Waals surface area contributed by atoms with E-state index in [1.165, 1.54) is 34.5 Å². The second kappa shape index (κ2) is 4.78. The van der Waals surface area contributed by atoms with Gasteiger partial charge < -0.3 is 5.73 Å². The summed E-state index contributed by atoms with van der Waals surface area (Å²) in [5, 5.41) is 1.11. The maximum absolute atomic E-state index is 5.84. The number of nitrogens with two attached hydrogens (primary N) is 1. The number of nitrogens with zero attached hydrogens (tertiary/aromatic N) is 2. The van der Waals surface area contributed by atoms with Crippen molar-refractivity contribution in [3.63, 3.8) is 0 Å². The summed E-state index contributed by atoms with van der Waals surface area (Å²) in [6.45, 7) is 2.76. The summed E-state index contributed by atoms with van der Waals surface area (Å²) in [4.78, 5) is 10.3. The number of rotatable bonds is 4. The van der Waals surface area contributed by atoms with Crippen LogP contribution in [0.15, 0.2) is 18.5 Å². The van der Waals surface area contributed by atoms with Crippen molar-refractivity contribution in [3.8, 4) is 10.6 Å². The van der Waals surface area contributed by atoms with Crippen LogP contribution in [0.1, 0.15) is 41.8 Å². The van der Waals surface area contributed by atoms with Crippen molar-refractivity contribution >= 4 is 11.3 Å². The van der Waals surface area contributed by atoms with Crippen LogP contribution in [0.2, 0.25) is 0 Å². The maximum Gasteiger partial charge on any atom is 0.124 e. The smallest absolute Gasteiger partial charge is 0.124 e. The van der Waals surface area contributed by atoms with Gasteiger partial charge in [-0.2, -0.15) is 0 Å². The van der Waals surface area contributed by atoms with Gasteiger partial charge in [0.25, 0.3) is 0 Å². The molecule has 2 heterocycles. The van der Waals surface area contributed by atoms with Crippen molar-refractivity contribution in [1.82, 2.24) is 9.97 Å². The Kier molecular flexibility index (Phi) is 3.14. The molecule has 0 amide bonds. The second-order valence-electron chi connectivity index (χ2n) is 4.69. The van der Waals surface area contributed by atoms with Crippen LogP contribution in [0.3, 0.4) is 0 Å². The minimum atomic E-state index is 0.607. The number of thiazole rings is 1. The van der Waals surface area contributed by atoms with Gasteiger partial charge in [-0.15, -0.1) is 11.3 Å².